The van der Waals surface area contributed by atoms with Crippen LogP contribution in [-0.2, 0) is 9.47 Å². The van der Waals surface area contributed by atoms with Gasteiger partial charge in [0, 0.05) is 26.2 Å². The molecule has 3 fully saturated rings. The van der Waals surface area contributed by atoms with Crippen LogP contribution in [-0.4, -0.2) is 79.5 Å². The Morgan fingerprint density at radius 2 is 1.83 bits per heavy atom. The van der Waals surface area contributed by atoms with Crippen LogP contribution < -0.4 is 5.32 Å². The standard InChI is InChI=1S/C17H31N3O3/c1-17(2,3)23-16(21)20-10-14(15(11-20)22-4)18-13-6-8-19-7-5-12(13)9-19/h12-15,18H,5-11H2,1-4H3/t12?,13?,14?,15-/m0/s1. The molecular weight excluding hydrogens is 294 g/mol. The Hall–Kier alpha value is -0.850. The Morgan fingerprint density at radius 3 is 2.52 bits per heavy atom. The van der Waals surface area contributed by atoms with Gasteiger partial charge in [-0.3, -0.25) is 0 Å². The number of nitrogens with one attached hydrogen (secondary N) is 1. The van der Waals surface area contributed by atoms with Crippen LogP contribution in [0.5, 0.6) is 0 Å². The van der Waals surface area contributed by atoms with Crippen LogP contribution in [0.3, 0.4) is 0 Å². The molecule has 0 aliphatic carbocycles. The summed E-state index contributed by atoms with van der Waals surface area (Å²) in [6, 6.07) is 0.750. The Kier molecular flexibility index (Phi) is 4.85. The third-order valence-corrected chi connectivity index (χ3v) is 5.28. The van der Waals surface area contributed by atoms with E-state index in [2.05, 4.69) is 10.2 Å². The second-order valence-corrected chi connectivity index (χ2v) is 8.18. The largest absolute Gasteiger partial charge is 0.444 e. The fourth-order valence-electron chi connectivity index (χ4n) is 4.09. The van der Waals surface area contributed by atoms with Gasteiger partial charge in [0.1, 0.15) is 5.60 Å². The van der Waals surface area contributed by atoms with Crippen molar-refractivity contribution < 1.29 is 14.3 Å². The number of piperidine rings is 1. The minimum atomic E-state index is -0.457. The number of rotatable bonds is 3. The van der Waals surface area contributed by atoms with Gasteiger partial charge in [0.2, 0.25) is 0 Å². The van der Waals surface area contributed by atoms with E-state index < -0.39 is 5.60 Å². The zero-order chi connectivity index (χ0) is 16.6. The smallest absolute Gasteiger partial charge is 0.410 e. The molecule has 3 heterocycles. The summed E-state index contributed by atoms with van der Waals surface area (Å²) >= 11 is 0. The first-order valence-electron chi connectivity index (χ1n) is 8.85. The maximum absolute atomic E-state index is 12.3. The van der Waals surface area contributed by atoms with Crippen molar-refractivity contribution in [3.63, 3.8) is 0 Å². The van der Waals surface area contributed by atoms with E-state index in [1.807, 2.05) is 20.8 Å². The van der Waals surface area contributed by atoms with E-state index in [-0.39, 0.29) is 18.2 Å². The van der Waals surface area contributed by atoms with Gasteiger partial charge in [-0.1, -0.05) is 0 Å². The van der Waals surface area contributed by atoms with Gasteiger partial charge >= 0.3 is 6.09 Å². The highest BCUT2D eigenvalue weighted by Crippen LogP contribution is 2.28. The number of fused-ring (bicyclic) bond motifs is 2. The lowest BCUT2D eigenvalue weighted by atomic mass is 9.93. The molecule has 132 valence electrons. The number of ether oxygens (including phenoxy) is 2. The number of hydrogen-bond acceptors (Lipinski definition) is 5. The van der Waals surface area contributed by atoms with Crippen LogP contribution in [0.25, 0.3) is 0 Å². The van der Waals surface area contributed by atoms with Gasteiger partial charge in [0.15, 0.2) is 0 Å². The molecule has 23 heavy (non-hydrogen) atoms. The number of hydrogen-bond donors (Lipinski definition) is 1. The van der Waals surface area contributed by atoms with Gasteiger partial charge in [-0.15, -0.1) is 0 Å². The van der Waals surface area contributed by atoms with Crippen LogP contribution in [0.4, 0.5) is 4.79 Å². The van der Waals surface area contributed by atoms with Crippen LogP contribution in [0.1, 0.15) is 33.6 Å². The Morgan fingerprint density at radius 1 is 1.09 bits per heavy atom. The zero-order valence-electron chi connectivity index (χ0n) is 14.9. The fraction of sp³-hybridized carbons (Fsp3) is 0.941. The number of amides is 1. The SMILES string of the molecule is CO[C@H]1CN(C(=O)OC(C)(C)C)CC1NC1CCN2CCC1C2. The average molecular weight is 325 g/mol. The average Bonchev–Trinajstić information content (AvgIpc) is 3.04. The molecule has 3 aliphatic rings. The van der Waals surface area contributed by atoms with Crippen molar-refractivity contribution in [3.8, 4) is 0 Å². The number of carbonyl (C=O) groups is 1. The summed E-state index contributed by atoms with van der Waals surface area (Å²) in [6.07, 6.45) is 2.29. The summed E-state index contributed by atoms with van der Waals surface area (Å²) < 4.78 is 11.1. The molecule has 0 aromatic carbocycles. The maximum Gasteiger partial charge on any atom is 0.410 e. The molecule has 2 bridgehead atoms. The lowest BCUT2D eigenvalue weighted by Gasteiger charge is -2.34. The van der Waals surface area contributed by atoms with Gasteiger partial charge in [0.25, 0.3) is 0 Å². The fourth-order valence-corrected chi connectivity index (χ4v) is 4.09. The predicted molar refractivity (Wildman–Crippen MR) is 88.5 cm³/mol. The highest BCUT2D eigenvalue weighted by atomic mass is 16.6. The van der Waals surface area contributed by atoms with Crippen LogP contribution in [0.15, 0.2) is 0 Å². The molecule has 6 heteroatoms. The summed E-state index contributed by atoms with van der Waals surface area (Å²) in [5, 5.41) is 3.79. The van der Waals surface area contributed by atoms with E-state index in [0.29, 0.717) is 19.1 Å². The van der Waals surface area contributed by atoms with Crippen LogP contribution >= 0.6 is 0 Å². The highest BCUT2D eigenvalue weighted by molar-refractivity contribution is 5.68. The number of nitrogens with zero attached hydrogens (tertiary/aromatic N) is 2. The first-order chi connectivity index (χ1) is 10.9. The van der Waals surface area contributed by atoms with Gasteiger partial charge in [0.05, 0.1) is 18.7 Å². The van der Waals surface area contributed by atoms with Crippen molar-refractivity contribution in [3.05, 3.63) is 0 Å². The van der Waals surface area contributed by atoms with E-state index >= 15 is 0 Å². The maximum atomic E-state index is 12.3. The topological polar surface area (TPSA) is 54.0 Å². The summed E-state index contributed by atoms with van der Waals surface area (Å²) in [7, 11) is 1.73. The lowest BCUT2D eigenvalue weighted by Crippen LogP contribution is -2.52. The molecule has 3 rings (SSSR count). The molecule has 3 saturated heterocycles. The lowest BCUT2D eigenvalue weighted by molar-refractivity contribution is 0.0252. The summed E-state index contributed by atoms with van der Waals surface area (Å²) in [6.45, 7) is 10.6. The van der Waals surface area contributed by atoms with Crippen LogP contribution in [0, 0.1) is 5.92 Å². The van der Waals surface area contributed by atoms with E-state index in [1.165, 1.54) is 32.5 Å². The quantitative estimate of drug-likeness (QED) is 0.848. The molecule has 6 nitrogen and oxygen atoms in total. The van der Waals surface area contributed by atoms with Crippen molar-refractivity contribution in [2.24, 2.45) is 5.92 Å². The minimum Gasteiger partial charge on any atom is -0.444 e. The molecule has 1 N–H and O–H groups in total. The molecule has 0 aromatic heterocycles. The monoisotopic (exact) mass is 325 g/mol. The predicted octanol–water partition coefficient (Wildman–Crippen LogP) is 1.30. The first-order valence-corrected chi connectivity index (χ1v) is 8.85. The minimum absolute atomic E-state index is 0.0435. The van der Waals surface area contributed by atoms with E-state index in [9.17, 15) is 4.79 Å². The molecule has 0 saturated carbocycles. The first kappa shape index (κ1) is 17.0. The summed E-state index contributed by atoms with van der Waals surface area (Å²) in [5.41, 5.74) is -0.457. The normalized spacial score (nSPS) is 37.2. The molecule has 1 amide bonds. The molecule has 3 aliphatic heterocycles. The summed E-state index contributed by atoms with van der Waals surface area (Å²) in [4.78, 5) is 16.6. The van der Waals surface area contributed by atoms with E-state index in [4.69, 9.17) is 9.47 Å². The van der Waals surface area contributed by atoms with Gasteiger partial charge in [-0.2, -0.15) is 0 Å². The summed E-state index contributed by atoms with van der Waals surface area (Å²) in [5.74, 6) is 0.747. The van der Waals surface area contributed by atoms with E-state index in [0.717, 1.165) is 5.92 Å². The Labute approximate surface area is 139 Å². The van der Waals surface area contributed by atoms with Crippen molar-refractivity contribution >= 4 is 6.09 Å². The second-order valence-electron chi connectivity index (χ2n) is 8.18. The second kappa shape index (κ2) is 6.57. The zero-order valence-corrected chi connectivity index (χ0v) is 14.9. The van der Waals surface area contributed by atoms with Crippen molar-refractivity contribution in [1.29, 1.82) is 0 Å². The van der Waals surface area contributed by atoms with Crippen LogP contribution in [0.2, 0.25) is 0 Å². The van der Waals surface area contributed by atoms with Crippen molar-refractivity contribution in [2.45, 2.75) is 57.4 Å². The molecule has 0 aromatic rings. The number of carbonyl (C=O) groups excluding carboxylic acids is 1. The Balaban J connectivity index is 1.57. The molecule has 5 atom stereocenters. The number of likely N-dealkylation sites (tertiary alicyclic amines) is 1. The third-order valence-electron chi connectivity index (χ3n) is 5.28. The van der Waals surface area contributed by atoms with Gasteiger partial charge in [-0.05, 0) is 52.6 Å². The van der Waals surface area contributed by atoms with Crippen molar-refractivity contribution in [1.82, 2.24) is 15.1 Å². The molecule has 4 unspecified atom stereocenters. The van der Waals surface area contributed by atoms with Crippen molar-refractivity contribution in [2.75, 3.05) is 39.8 Å². The molecular formula is C17H31N3O3. The van der Waals surface area contributed by atoms with Gasteiger partial charge < -0.3 is 24.6 Å². The van der Waals surface area contributed by atoms with E-state index in [1.54, 1.807) is 12.0 Å². The highest BCUT2D eigenvalue weighted by Gasteiger charge is 2.41. The Bertz CT molecular complexity index is 437. The van der Waals surface area contributed by atoms with Gasteiger partial charge in [-0.25, -0.2) is 4.79 Å². The molecule has 0 spiro atoms. The third kappa shape index (κ3) is 3.98. The number of methoxy groups -OCH3 is 1. The molecule has 0 radical (unpaired) electrons.